The molecule has 6 rings (SSSR count). The summed E-state index contributed by atoms with van der Waals surface area (Å²) in [7, 11) is 0. The number of nitrogens with one attached hydrogen (secondary N) is 1. The number of aryl methyl sites for hydroxylation is 1. The van der Waals surface area contributed by atoms with E-state index >= 15 is 4.39 Å². The summed E-state index contributed by atoms with van der Waals surface area (Å²) in [5.41, 5.74) is 2.32. The third-order valence-corrected chi connectivity index (χ3v) is 7.39. The van der Waals surface area contributed by atoms with Crippen molar-refractivity contribution in [2.45, 2.75) is 39.0 Å². The SMILES string of the molecule is Cc1nc2c(F)cc(-c3nc(Nc4ccc5c(c4)OCC4CN(CC(F)(F)F)CCN54)ncc3F)cc2n1C(C)C. The predicted molar refractivity (Wildman–Crippen MR) is 145 cm³/mol. The fourth-order valence-electron chi connectivity index (χ4n) is 5.72. The lowest BCUT2D eigenvalue weighted by molar-refractivity contribution is -0.147. The third kappa shape index (κ3) is 5.25. The van der Waals surface area contributed by atoms with E-state index in [0.29, 0.717) is 35.9 Å². The maximum absolute atomic E-state index is 15.0. The van der Waals surface area contributed by atoms with Crippen molar-refractivity contribution in [3.8, 4) is 17.0 Å². The Hall–Kier alpha value is -4.00. The predicted octanol–water partition coefficient (Wildman–Crippen LogP) is 5.85. The van der Waals surface area contributed by atoms with Crippen molar-refractivity contribution in [2.75, 3.05) is 43.0 Å². The molecular weight excluding hydrogens is 545 g/mol. The largest absolute Gasteiger partial charge is 0.489 e. The number of fused-ring (bicyclic) bond motifs is 4. The molecule has 0 aliphatic carbocycles. The first-order chi connectivity index (χ1) is 19.5. The van der Waals surface area contributed by atoms with Gasteiger partial charge in [0.2, 0.25) is 5.95 Å². The molecule has 1 saturated heterocycles. The van der Waals surface area contributed by atoms with Gasteiger partial charge >= 0.3 is 6.18 Å². The maximum atomic E-state index is 15.0. The number of hydrogen-bond donors (Lipinski definition) is 1. The summed E-state index contributed by atoms with van der Waals surface area (Å²) in [4.78, 5) is 16.2. The van der Waals surface area contributed by atoms with Crippen molar-refractivity contribution in [2.24, 2.45) is 0 Å². The molecule has 41 heavy (non-hydrogen) atoms. The fraction of sp³-hybridized carbons (Fsp3) is 0.393. The van der Waals surface area contributed by atoms with Crippen LogP contribution in [0, 0.1) is 18.6 Å². The van der Waals surface area contributed by atoms with Crippen LogP contribution in [0.15, 0.2) is 36.5 Å². The summed E-state index contributed by atoms with van der Waals surface area (Å²) >= 11 is 0. The highest BCUT2D eigenvalue weighted by atomic mass is 19.4. The summed E-state index contributed by atoms with van der Waals surface area (Å²) < 4.78 is 76.3. The molecule has 0 spiro atoms. The van der Waals surface area contributed by atoms with Crippen LogP contribution in [0.25, 0.3) is 22.3 Å². The van der Waals surface area contributed by atoms with E-state index in [1.807, 2.05) is 24.5 Å². The monoisotopic (exact) mass is 573 g/mol. The number of nitrogens with zero attached hydrogens (tertiary/aromatic N) is 6. The normalized spacial score (nSPS) is 17.5. The highest BCUT2D eigenvalue weighted by Gasteiger charge is 2.37. The Morgan fingerprint density at radius 2 is 1.88 bits per heavy atom. The smallest absolute Gasteiger partial charge is 0.401 e. The van der Waals surface area contributed by atoms with Crippen LogP contribution in [-0.4, -0.2) is 69.4 Å². The molecule has 2 aliphatic heterocycles. The number of halogens is 5. The molecule has 0 saturated carbocycles. The number of benzene rings is 2. The van der Waals surface area contributed by atoms with Crippen LogP contribution >= 0.6 is 0 Å². The molecule has 2 aromatic carbocycles. The second kappa shape index (κ2) is 10.1. The van der Waals surface area contributed by atoms with E-state index in [2.05, 4.69) is 25.2 Å². The molecule has 1 fully saturated rings. The van der Waals surface area contributed by atoms with Gasteiger partial charge in [-0.2, -0.15) is 13.2 Å². The summed E-state index contributed by atoms with van der Waals surface area (Å²) in [6.45, 7) is 6.04. The second-order valence-electron chi connectivity index (χ2n) is 10.7. The van der Waals surface area contributed by atoms with Crippen molar-refractivity contribution in [3.05, 3.63) is 54.0 Å². The fourth-order valence-corrected chi connectivity index (χ4v) is 5.72. The van der Waals surface area contributed by atoms with Crippen molar-refractivity contribution in [1.82, 2.24) is 24.4 Å². The van der Waals surface area contributed by atoms with E-state index in [1.165, 1.54) is 11.0 Å². The molecule has 13 heteroatoms. The molecular formula is C28H28F5N7O. The van der Waals surface area contributed by atoms with E-state index in [0.717, 1.165) is 11.9 Å². The summed E-state index contributed by atoms with van der Waals surface area (Å²) in [5, 5.41) is 3.05. The van der Waals surface area contributed by atoms with Crippen LogP contribution in [0.4, 0.5) is 39.3 Å². The average Bonchev–Trinajstić information content (AvgIpc) is 3.25. The lowest BCUT2D eigenvalue weighted by Crippen LogP contribution is -2.58. The van der Waals surface area contributed by atoms with Gasteiger partial charge < -0.3 is 19.5 Å². The van der Waals surface area contributed by atoms with Gasteiger partial charge in [-0.15, -0.1) is 0 Å². The Bertz CT molecular complexity index is 1620. The first-order valence-corrected chi connectivity index (χ1v) is 13.3. The molecule has 0 radical (unpaired) electrons. The Labute approximate surface area is 232 Å². The highest BCUT2D eigenvalue weighted by molar-refractivity contribution is 5.83. The third-order valence-electron chi connectivity index (χ3n) is 7.39. The van der Waals surface area contributed by atoms with E-state index in [-0.39, 0.29) is 48.0 Å². The zero-order valence-electron chi connectivity index (χ0n) is 22.6. The molecule has 1 atom stereocenters. The topological polar surface area (TPSA) is 71.3 Å². The van der Waals surface area contributed by atoms with Gasteiger partial charge in [0, 0.05) is 43.0 Å². The van der Waals surface area contributed by atoms with Gasteiger partial charge in [0.25, 0.3) is 0 Å². The molecule has 1 N–H and O–H groups in total. The summed E-state index contributed by atoms with van der Waals surface area (Å²) in [6.07, 6.45) is -3.22. The van der Waals surface area contributed by atoms with Crippen molar-refractivity contribution in [3.63, 3.8) is 0 Å². The maximum Gasteiger partial charge on any atom is 0.401 e. The summed E-state index contributed by atoms with van der Waals surface area (Å²) in [6, 6.07) is 8.07. The quantitative estimate of drug-likeness (QED) is 0.301. The average molecular weight is 574 g/mol. The standard InChI is InChI=1S/C28H28F5N7O/c1-15(2)40-16(3)35-26-20(29)8-17(9-23(26)40)25-21(30)11-34-27(37-25)36-18-4-5-22-24(10-18)41-13-19-12-38(6-7-39(19)22)14-28(31,32)33/h4-5,8-11,15,19H,6-7,12-14H2,1-3H3,(H,34,36,37). The number of imidazole rings is 1. The lowest BCUT2D eigenvalue weighted by atomic mass is 10.1. The Balaban J connectivity index is 1.24. The van der Waals surface area contributed by atoms with Gasteiger partial charge in [-0.3, -0.25) is 4.90 Å². The van der Waals surface area contributed by atoms with Crippen molar-refractivity contribution < 1.29 is 26.7 Å². The number of ether oxygens (including phenoxy) is 1. The minimum absolute atomic E-state index is 0.0207. The Kier molecular flexibility index (Phi) is 6.71. The van der Waals surface area contributed by atoms with Crippen LogP contribution in [0.1, 0.15) is 25.7 Å². The number of anilines is 3. The van der Waals surface area contributed by atoms with Crippen LogP contribution < -0.4 is 15.0 Å². The van der Waals surface area contributed by atoms with Gasteiger partial charge in [0.1, 0.15) is 29.4 Å². The van der Waals surface area contributed by atoms with Crippen molar-refractivity contribution >= 4 is 28.4 Å². The zero-order valence-corrected chi connectivity index (χ0v) is 22.6. The number of hydrogen-bond acceptors (Lipinski definition) is 7. The van der Waals surface area contributed by atoms with Crippen molar-refractivity contribution in [1.29, 1.82) is 0 Å². The molecule has 8 nitrogen and oxygen atoms in total. The van der Waals surface area contributed by atoms with Gasteiger partial charge in [-0.1, -0.05) is 0 Å². The van der Waals surface area contributed by atoms with Gasteiger partial charge in [-0.25, -0.2) is 23.7 Å². The van der Waals surface area contributed by atoms with Gasteiger partial charge in [0.05, 0.1) is 30.0 Å². The van der Waals surface area contributed by atoms with Crippen LogP contribution in [-0.2, 0) is 0 Å². The van der Waals surface area contributed by atoms with E-state index in [1.54, 1.807) is 25.1 Å². The molecule has 2 aliphatic rings. The van der Waals surface area contributed by atoms with Crippen LogP contribution in [0.5, 0.6) is 5.75 Å². The molecule has 0 bridgehead atoms. The second-order valence-corrected chi connectivity index (χ2v) is 10.7. The number of piperazine rings is 1. The minimum atomic E-state index is -4.24. The van der Waals surface area contributed by atoms with E-state index in [9.17, 15) is 17.6 Å². The Morgan fingerprint density at radius 3 is 2.63 bits per heavy atom. The molecule has 0 amide bonds. The lowest BCUT2D eigenvalue weighted by Gasteiger charge is -2.45. The summed E-state index contributed by atoms with van der Waals surface area (Å²) in [5.74, 6) is 0.0521. The number of rotatable bonds is 5. The first-order valence-electron chi connectivity index (χ1n) is 13.3. The molecule has 216 valence electrons. The van der Waals surface area contributed by atoms with Crippen LogP contribution in [0.2, 0.25) is 0 Å². The minimum Gasteiger partial charge on any atom is -0.489 e. The van der Waals surface area contributed by atoms with Gasteiger partial charge in [-0.05, 0) is 45.0 Å². The Morgan fingerprint density at radius 1 is 1.07 bits per heavy atom. The molecule has 1 unspecified atom stereocenters. The first kappa shape index (κ1) is 27.2. The van der Waals surface area contributed by atoms with E-state index < -0.39 is 24.4 Å². The molecule has 2 aromatic heterocycles. The number of alkyl halides is 3. The molecule has 4 aromatic rings. The van der Waals surface area contributed by atoms with Gasteiger partial charge in [0.15, 0.2) is 11.6 Å². The number of aromatic nitrogens is 4. The van der Waals surface area contributed by atoms with Crippen LogP contribution in [0.3, 0.4) is 0 Å². The highest BCUT2D eigenvalue weighted by Crippen LogP contribution is 2.38. The zero-order chi connectivity index (χ0) is 29.1. The molecule has 4 heterocycles. The van der Waals surface area contributed by atoms with E-state index in [4.69, 9.17) is 4.74 Å².